The minimum Gasteiger partial charge on any atom is -0.483 e. The Labute approximate surface area is 109 Å². The van der Waals surface area contributed by atoms with Crippen LogP contribution < -0.4 is 4.74 Å². The number of ether oxygens (including phenoxy) is 1. The second kappa shape index (κ2) is 3.61. The van der Waals surface area contributed by atoms with Crippen LogP contribution >= 0.6 is 15.9 Å². The van der Waals surface area contributed by atoms with Gasteiger partial charge in [-0.2, -0.15) is 0 Å². The molecule has 0 spiro atoms. The van der Waals surface area contributed by atoms with Gasteiger partial charge in [0.15, 0.2) is 0 Å². The molecule has 0 bridgehead atoms. The second-order valence-corrected chi connectivity index (χ2v) is 5.72. The van der Waals surface area contributed by atoms with Gasteiger partial charge in [-0.15, -0.1) is 0 Å². The van der Waals surface area contributed by atoms with Gasteiger partial charge in [-0.3, -0.25) is 0 Å². The maximum atomic E-state index is 6.08. The Kier molecular flexibility index (Phi) is 2.30. The Morgan fingerprint density at radius 1 is 1.12 bits per heavy atom. The molecule has 0 saturated carbocycles. The lowest BCUT2D eigenvalue weighted by molar-refractivity contribution is 0.161. The molecule has 0 amide bonds. The predicted molar refractivity (Wildman–Crippen MR) is 75.4 cm³/mol. The quantitative estimate of drug-likeness (QED) is 0.677. The number of rotatable bonds is 0. The van der Waals surface area contributed by atoms with Gasteiger partial charge in [0.2, 0.25) is 0 Å². The third-order valence-corrected chi connectivity index (χ3v) is 3.66. The summed E-state index contributed by atoms with van der Waals surface area (Å²) in [5, 5.41) is 2.35. The van der Waals surface area contributed by atoms with Crippen LogP contribution in [0.5, 0.6) is 5.75 Å². The summed E-state index contributed by atoms with van der Waals surface area (Å²) in [4.78, 5) is 0. The van der Waals surface area contributed by atoms with Crippen LogP contribution in [0.1, 0.15) is 19.4 Å². The van der Waals surface area contributed by atoms with Gasteiger partial charge >= 0.3 is 0 Å². The van der Waals surface area contributed by atoms with Crippen molar-refractivity contribution in [1.82, 2.24) is 0 Å². The number of hydrogen-bond acceptors (Lipinski definition) is 1. The van der Waals surface area contributed by atoms with Crippen LogP contribution in [0.3, 0.4) is 0 Å². The van der Waals surface area contributed by atoms with E-state index in [1.54, 1.807) is 0 Å². The summed E-state index contributed by atoms with van der Waals surface area (Å²) in [6, 6.07) is 10.4. The standard InChI is InChI=1S/C15H13BrO/c1-15(2)8-7-10-9-13(16)11-5-3-4-6-12(11)14(10)17-15/h3-9H,1-2H3. The lowest BCUT2D eigenvalue weighted by Crippen LogP contribution is -2.27. The minimum absolute atomic E-state index is 0.233. The molecule has 2 heteroatoms. The van der Waals surface area contributed by atoms with Crippen molar-refractivity contribution in [3.8, 4) is 5.75 Å². The largest absolute Gasteiger partial charge is 0.483 e. The first kappa shape index (κ1) is 10.8. The van der Waals surface area contributed by atoms with Gasteiger partial charge in [0.1, 0.15) is 11.4 Å². The van der Waals surface area contributed by atoms with Gasteiger partial charge in [0, 0.05) is 15.4 Å². The molecule has 0 saturated heterocycles. The molecule has 0 aromatic heterocycles. The summed E-state index contributed by atoms with van der Waals surface area (Å²) in [5.41, 5.74) is 0.902. The number of hydrogen-bond donors (Lipinski definition) is 0. The zero-order valence-electron chi connectivity index (χ0n) is 9.83. The van der Waals surface area contributed by atoms with Gasteiger partial charge in [0.25, 0.3) is 0 Å². The molecule has 1 aliphatic heterocycles. The van der Waals surface area contributed by atoms with E-state index in [9.17, 15) is 0 Å². The lowest BCUT2D eigenvalue weighted by atomic mass is 9.99. The van der Waals surface area contributed by atoms with E-state index in [-0.39, 0.29) is 5.60 Å². The fraction of sp³-hybridized carbons (Fsp3) is 0.200. The van der Waals surface area contributed by atoms with Crippen molar-refractivity contribution in [2.24, 2.45) is 0 Å². The highest BCUT2D eigenvalue weighted by atomic mass is 79.9. The Morgan fingerprint density at radius 2 is 1.82 bits per heavy atom. The van der Waals surface area contributed by atoms with Crippen LogP contribution in [-0.2, 0) is 0 Å². The molecule has 0 fully saturated rings. The maximum absolute atomic E-state index is 6.08. The van der Waals surface area contributed by atoms with Crippen molar-refractivity contribution in [3.05, 3.63) is 46.4 Å². The monoisotopic (exact) mass is 288 g/mol. The highest BCUT2D eigenvalue weighted by molar-refractivity contribution is 9.10. The first-order chi connectivity index (χ1) is 8.07. The topological polar surface area (TPSA) is 9.23 Å². The van der Waals surface area contributed by atoms with E-state index in [1.807, 2.05) is 12.1 Å². The van der Waals surface area contributed by atoms with Gasteiger partial charge < -0.3 is 4.74 Å². The molecular weight excluding hydrogens is 276 g/mol. The molecule has 0 radical (unpaired) electrons. The second-order valence-electron chi connectivity index (χ2n) is 4.86. The average molecular weight is 289 g/mol. The normalized spacial score (nSPS) is 16.6. The van der Waals surface area contributed by atoms with E-state index >= 15 is 0 Å². The first-order valence-electron chi connectivity index (χ1n) is 5.66. The molecule has 2 aromatic rings. The van der Waals surface area contributed by atoms with Crippen LogP contribution in [0, 0.1) is 0 Å². The predicted octanol–water partition coefficient (Wildman–Crippen LogP) is 4.79. The van der Waals surface area contributed by atoms with E-state index < -0.39 is 0 Å². The van der Waals surface area contributed by atoms with Crippen molar-refractivity contribution in [3.63, 3.8) is 0 Å². The third kappa shape index (κ3) is 1.77. The molecule has 0 N–H and O–H groups in total. The smallest absolute Gasteiger partial charge is 0.135 e. The lowest BCUT2D eigenvalue weighted by Gasteiger charge is -2.29. The summed E-state index contributed by atoms with van der Waals surface area (Å²) >= 11 is 3.62. The summed E-state index contributed by atoms with van der Waals surface area (Å²) in [6.45, 7) is 4.15. The fourth-order valence-electron chi connectivity index (χ4n) is 2.15. The molecular formula is C15H13BrO. The van der Waals surface area contributed by atoms with Crippen LogP contribution in [0.25, 0.3) is 16.8 Å². The number of benzene rings is 2. The molecule has 0 unspecified atom stereocenters. The Morgan fingerprint density at radius 3 is 2.59 bits per heavy atom. The molecule has 86 valence electrons. The SMILES string of the molecule is CC1(C)C=Cc2cc(Br)c3ccccc3c2O1. The molecule has 3 rings (SSSR count). The molecule has 2 aromatic carbocycles. The zero-order valence-corrected chi connectivity index (χ0v) is 11.4. The maximum Gasteiger partial charge on any atom is 0.135 e. The van der Waals surface area contributed by atoms with Gasteiger partial charge in [0.05, 0.1) is 0 Å². The first-order valence-corrected chi connectivity index (χ1v) is 6.46. The van der Waals surface area contributed by atoms with Gasteiger partial charge in [-0.05, 0) is 31.4 Å². The fourth-order valence-corrected chi connectivity index (χ4v) is 2.74. The minimum atomic E-state index is -0.233. The number of fused-ring (bicyclic) bond motifs is 3. The molecule has 1 aliphatic rings. The average Bonchev–Trinajstić information content (AvgIpc) is 2.30. The molecule has 0 aliphatic carbocycles. The van der Waals surface area contributed by atoms with Crippen molar-refractivity contribution >= 4 is 32.8 Å². The Bertz CT molecular complexity index is 626. The van der Waals surface area contributed by atoms with E-state index in [0.29, 0.717) is 0 Å². The van der Waals surface area contributed by atoms with Crippen LogP contribution in [0.2, 0.25) is 0 Å². The molecule has 1 nitrogen and oxygen atoms in total. The van der Waals surface area contributed by atoms with Crippen LogP contribution in [0.15, 0.2) is 40.9 Å². The van der Waals surface area contributed by atoms with E-state index in [0.717, 1.165) is 21.2 Å². The van der Waals surface area contributed by atoms with Crippen molar-refractivity contribution in [2.45, 2.75) is 19.4 Å². The van der Waals surface area contributed by atoms with E-state index in [1.165, 1.54) is 5.39 Å². The van der Waals surface area contributed by atoms with E-state index in [2.05, 4.69) is 60.1 Å². The number of halogens is 1. The van der Waals surface area contributed by atoms with Gasteiger partial charge in [-0.25, -0.2) is 0 Å². The molecule has 1 heterocycles. The van der Waals surface area contributed by atoms with E-state index in [4.69, 9.17) is 4.74 Å². The van der Waals surface area contributed by atoms with Crippen LogP contribution in [0.4, 0.5) is 0 Å². The molecule has 0 atom stereocenters. The highest BCUT2D eigenvalue weighted by Crippen LogP contribution is 2.40. The summed E-state index contributed by atoms with van der Waals surface area (Å²) in [7, 11) is 0. The third-order valence-electron chi connectivity index (χ3n) is 3.00. The van der Waals surface area contributed by atoms with Gasteiger partial charge in [-0.1, -0.05) is 46.3 Å². The summed E-state index contributed by atoms with van der Waals surface area (Å²) in [6.07, 6.45) is 4.23. The van der Waals surface area contributed by atoms with Crippen LogP contribution in [-0.4, -0.2) is 5.60 Å². The van der Waals surface area contributed by atoms with Crippen molar-refractivity contribution in [1.29, 1.82) is 0 Å². The Hall–Kier alpha value is -1.28. The molecule has 17 heavy (non-hydrogen) atoms. The summed E-state index contributed by atoms with van der Waals surface area (Å²) in [5.74, 6) is 0.983. The highest BCUT2D eigenvalue weighted by Gasteiger charge is 2.23. The van der Waals surface area contributed by atoms with Crippen molar-refractivity contribution in [2.75, 3.05) is 0 Å². The summed E-state index contributed by atoms with van der Waals surface area (Å²) < 4.78 is 7.19. The van der Waals surface area contributed by atoms with Crippen molar-refractivity contribution < 1.29 is 4.74 Å². The zero-order chi connectivity index (χ0) is 12.0. The Balaban J connectivity index is 2.36.